The van der Waals surface area contributed by atoms with Gasteiger partial charge in [0.05, 0.1) is 17.5 Å². The fraction of sp³-hybridized carbons (Fsp3) is 0.364. The number of rotatable bonds is 4. The van der Waals surface area contributed by atoms with Crippen LogP contribution >= 0.6 is 11.3 Å². The van der Waals surface area contributed by atoms with Crippen LogP contribution in [0.3, 0.4) is 0 Å². The van der Waals surface area contributed by atoms with Gasteiger partial charge in [-0.2, -0.15) is 5.26 Å². The summed E-state index contributed by atoms with van der Waals surface area (Å²) in [5, 5.41) is 12.7. The summed E-state index contributed by atoms with van der Waals surface area (Å²) in [4.78, 5) is 16.3. The lowest BCUT2D eigenvalue weighted by Crippen LogP contribution is -2.34. The number of hydrogen-bond donors (Lipinski definition) is 0. The number of nitrogens with zero attached hydrogens (tertiary/aromatic N) is 5. The van der Waals surface area contributed by atoms with Crippen molar-refractivity contribution in [3.8, 4) is 17.3 Å². The molecular formula is C22H23N5S. The Balaban J connectivity index is 1.64. The topological polar surface area (TPSA) is 65.7 Å². The van der Waals surface area contributed by atoms with Crippen molar-refractivity contribution in [2.24, 2.45) is 5.92 Å². The molecule has 5 nitrogen and oxygen atoms in total. The van der Waals surface area contributed by atoms with Crippen molar-refractivity contribution in [1.82, 2.24) is 15.0 Å². The number of anilines is 1. The lowest BCUT2D eigenvalue weighted by Gasteiger charge is -2.30. The third-order valence-corrected chi connectivity index (χ3v) is 6.22. The van der Waals surface area contributed by atoms with Crippen molar-refractivity contribution in [2.45, 2.75) is 32.6 Å². The van der Waals surface area contributed by atoms with Crippen LogP contribution in [0.1, 0.15) is 41.9 Å². The average molecular weight is 390 g/mol. The van der Waals surface area contributed by atoms with Crippen molar-refractivity contribution in [2.75, 3.05) is 18.0 Å². The number of aromatic nitrogens is 3. The van der Waals surface area contributed by atoms with E-state index in [9.17, 15) is 5.26 Å². The molecular weight excluding hydrogens is 366 g/mol. The van der Waals surface area contributed by atoms with Crippen molar-refractivity contribution >= 4 is 17.3 Å². The minimum Gasteiger partial charge on any atom is -0.341 e. The SMILES string of the molecule is Cc1cnc(N2CCC(C)CC2)nc1C(C#N)c1nc(-c2ccccc2)cs1. The van der Waals surface area contributed by atoms with E-state index in [1.165, 1.54) is 11.3 Å². The highest BCUT2D eigenvalue weighted by Gasteiger charge is 2.24. The summed E-state index contributed by atoms with van der Waals surface area (Å²) in [6.07, 6.45) is 4.15. The molecule has 1 aliphatic heterocycles. The number of aryl methyl sites for hydroxylation is 1. The molecule has 1 fully saturated rings. The predicted octanol–water partition coefficient (Wildman–Crippen LogP) is 4.80. The van der Waals surface area contributed by atoms with Crippen molar-refractivity contribution in [3.05, 3.63) is 58.2 Å². The Hall–Kier alpha value is -2.78. The van der Waals surface area contributed by atoms with Gasteiger partial charge in [0.1, 0.15) is 10.9 Å². The van der Waals surface area contributed by atoms with Gasteiger partial charge < -0.3 is 4.90 Å². The van der Waals surface area contributed by atoms with Gasteiger partial charge in [-0.3, -0.25) is 0 Å². The molecule has 142 valence electrons. The molecule has 3 heterocycles. The molecule has 1 aromatic carbocycles. The molecule has 1 saturated heterocycles. The number of piperidine rings is 1. The van der Waals surface area contributed by atoms with Crippen LogP contribution in [0.2, 0.25) is 0 Å². The third kappa shape index (κ3) is 3.76. The van der Waals surface area contributed by atoms with Gasteiger partial charge in [0, 0.05) is 30.2 Å². The van der Waals surface area contributed by atoms with Crippen LogP contribution in [0.15, 0.2) is 41.9 Å². The normalized spacial score (nSPS) is 16.0. The first-order chi connectivity index (χ1) is 13.7. The molecule has 0 bridgehead atoms. The van der Waals surface area contributed by atoms with E-state index in [-0.39, 0.29) is 0 Å². The summed E-state index contributed by atoms with van der Waals surface area (Å²) >= 11 is 1.51. The van der Waals surface area contributed by atoms with Crippen LogP contribution in [0, 0.1) is 24.2 Å². The Morgan fingerprint density at radius 2 is 1.93 bits per heavy atom. The molecule has 4 rings (SSSR count). The molecule has 0 amide bonds. The van der Waals surface area contributed by atoms with E-state index in [1.54, 1.807) is 0 Å². The first-order valence-corrected chi connectivity index (χ1v) is 10.5. The molecule has 0 aliphatic carbocycles. The standard InChI is InChI=1S/C22H23N5S/c1-15-8-10-27(11-9-15)22-24-13-16(2)20(26-22)18(12-23)21-25-19(14-28-21)17-6-4-3-5-7-17/h3-7,13-15,18H,8-11H2,1-2H3. The maximum Gasteiger partial charge on any atom is 0.225 e. The number of benzene rings is 1. The molecule has 0 radical (unpaired) electrons. The van der Waals surface area contributed by atoms with Crippen LogP contribution in [0.5, 0.6) is 0 Å². The van der Waals surface area contributed by atoms with Crippen LogP contribution < -0.4 is 4.90 Å². The Morgan fingerprint density at radius 1 is 1.18 bits per heavy atom. The Kier molecular flexibility index (Phi) is 5.36. The van der Waals surface area contributed by atoms with Gasteiger partial charge in [-0.1, -0.05) is 37.3 Å². The quantitative estimate of drug-likeness (QED) is 0.641. The molecule has 1 atom stereocenters. The van der Waals surface area contributed by atoms with E-state index >= 15 is 0 Å². The molecule has 0 spiro atoms. The van der Waals surface area contributed by atoms with Crippen molar-refractivity contribution in [1.29, 1.82) is 5.26 Å². The maximum absolute atomic E-state index is 9.92. The van der Waals surface area contributed by atoms with E-state index in [2.05, 4.69) is 22.9 Å². The smallest absolute Gasteiger partial charge is 0.225 e. The Bertz CT molecular complexity index is 984. The lowest BCUT2D eigenvalue weighted by atomic mass is 9.99. The number of nitriles is 1. The maximum atomic E-state index is 9.92. The van der Waals surface area contributed by atoms with Gasteiger partial charge in [0.2, 0.25) is 5.95 Å². The van der Waals surface area contributed by atoms with E-state index in [0.29, 0.717) is 0 Å². The molecule has 2 aromatic heterocycles. The minimum atomic E-state index is -0.479. The van der Waals surface area contributed by atoms with E-state index in [0.717, 1.165) is 65.3 Å². The minimum absolute atomic E-state index is 0.479. The summed E-state index contributed by atoms with van der Waals surface area (Å²) in [6, 6.07) is 12.5. The highest BCUT2D eigenvalue weighted by Crippen LogP contribution is 2.32. The second-order valence-corrected chi connectivity index (χ2v) is 8.30. The van der Waals surface area contributed by atoms with Gasteiger partial charge in [0.15, 0.2) is 0 Å². The summed E-state index contributed by atoms with van der Waals surface area (Å²) in [6.45, 7) is 6.19. The van der Waals surface area contributed by atoms with E-state index in [1.807, 2.05) is 48.8 Å². The highest BCUT2D eigenvalue weighted by atomic mass is 32.1. The zero-order chi connectivity index (χ0) is 19.5. The third-order valence-electron chi connectivity index (χ3n) is 5.31. The fourth-order valence-corrected chi connectivity index (χ4v) is 4.37. The average Bonchev–Trinajstić information content (AvgIpc) is 3.21. The van der Waals surface area contributed by atoms with E-state index in [4.69, 9.17) is 9.97 Å². The summed E-state index contributed by atoms with van der Waals surface area (Å²) in [5.74, 6) is 1.00. The monoisotopic (exact) mass is 389 g/mol. The van der Waals surface area contributed by atoms with Crippen molar-refractivity contribution in [3.63, 3.8) is 0 Å². The lowest BCUT2D eigenvalue weighted by molar-refractivity contribution is 0.434. The molecule has 3 aromatic rings. The zero-order valence-corrected chi connectivity index (χ0v) is 17.0. The fourth-order valence-electron chi connectivity index (χ4n) is 3.49. The zero-order valence-electron chi connectivity index (χ0n) is 16.2. The molecule has 0 N–H and O–H groups in total. The van der Waals surface area contributed by atoms with Gasteiger partial charge in [-0.25, -0.2) is 15.0 Å². The Morgan fingerprint density at radius 3 is 2.64 bits per heavy atom. The van der Waals surface area contributed by atoms with Crippen LogP contribution in [0.25, 0.3) is 11.3 Å². The van der Waals surface area contributed by atoms with E-state index < -0.39 is 5.92 Å². The first-order valence-electron chi connectivity index (χ1n) is 9.64. The van der Waals surface area contributed by atoms with Crippen LogP contribution in [-0.4, -0.2) is 28.0 Å². The molecule has 28 heavy (non-hydrogen) atoms. The number of hydrogen-bond acceptors (Lipinski definition) is 6. The predicted molar refractivity (Wildman–Crippen MR) is 112 cm³/mol. The largest absolute Gasteiger partial charge is 0.341 e. The van der Waals surface area contributed by atoms with Gasteiger partial charge in [0.25, 0.3) is 0 Å². The molecule has 1 unspecified atom stereocenters. The molecule has 0 saturated carbocycles. The van der Waals surface area contributed by atoms with Gasteiger partial charge in [-0.15, -0.1) is 11.3 Å². The highest BCUT2D eigenvalue weighted by molar-refractivity contribution is 7.10. The number of thiazole rings is 1. The second-order valence-electron chi connectivity index (χ2n) is 7.41. The first kappa shape index (κ1) is 18.6. The van der Waals surface area contributed by atoms with Crippen molar-refractivity contribution < 1.29 is 0 Å². The molecule has 1 aliphatic rings. The molecule has 6 heteroatoms. The Labute approximate surface area is 169 Å². The van der Waals surface area contributed by atoms with Crippen LogP contribution in [0.4, 0.5) is 5.95 Å². The second kappa shape index (κ2) is 8.07. The van der Waals surface area contributed by atoms with Crippen LogP contribution in [-0.2, 0) is 0 Å². The van der Waals surface area contributed by atoms with Gasteiger partial charge >= 0.3 is 0 Å². The summed E-state index contributed by atoms with van der Waals surface area (Å²) in [7, 11) is 0. The van der Waals surface area contributed by atoms with Gasteiger partial charge in [-0.05, 0) is 31.2 Å². The summed E-state index contributed by atoms with van der Waals surface area (Å²) in [5.41, 5.74) is 3.65. The summed E-state index contributed by atoms with van der Waals surface area (Å²) < 4.78 is 0.